The molecule has 21 heavy (non-hydrogen) atoms. The third-order valence-electron chi connectivity index (χ3n) is 4.35. The molecule has 5 nitrogen and oxygen atoms in total. The molecular formula is C15H21N5S. The van der Waals surface area contributed by atoms with E-state index in [1.165, 1.54) is 5.52 Å². The molecule has 2 N–H and O–H groups in total. The maximum Gasteiger partial charge on any atom is 0.139 e. The largest absolute Gasteiger partial charge is 0.346 e. The summed E-state index contributed by atoms with van der Waals surface area (Å²) in [6.07, 6.45) is 9.73. The highest BCUT2D eigenvalue weighted by Crippen LogP contribution is 2.32. The zero-order valence-electron chi connectivity index (χ0n) is 12.4. The lowest BCUT2D eigenvalue weighted by molar-refractivity contribution is 0.238. The van der Waals surface area contributed by atoms with Gasteiger partial charge in [-0.3, -0.25) is 0 Å². The number of pyridine rings is 1. The molecule has 1 fully saturated rings. The van der Waals surface area contributed by atoms with E-state index in [0.717, 1.165) is 42.5 Å². The number of nitrogens with one attached hydrogen (secondary N) is 2. The van der Waals surface area contributed by atoms with Crippen LogP contribution in [-0.4, -0.2) is 38.9 Å². The number of thiol groups is 1. The molecule has 3 aromatic heterocycles. The van der Waals surface area contributed by atoms with Crippen molar-refractivity contribution >= 4 is 34.7 Å². The molecule has 0 amide bonds. The number of imidazole rings is 1. The Hall–Kier alpha value is -1.53. The number of hydrogen-bond acceptors (Lipinski definition) is 4. The third kappa shape index (κ3) is 2.32. The van der Waals surface area contributed by atoms with Gasteiger partial charge in [0.2, 0.25) is 0 Å². The average Bonchev–Trinajstić information content (AvgIpc) is 3.16. The van der Waals surface area contributed by atoms with Crippen LogP contribution >= 0.6 is 12.6 Å². The van der Waals surface area contributed by atoms with E-state index in [4.69, 9.17) is 0 Å². The Morgan fingerprint density at radius 2 is 2.00 bits per heavy atom. The van der Waals surface area contributed by atoms with E-state index >= 15 is 0 Å². The van der Waals surface area contributed by atoms with Gasteiger partial charge in [-0.2, -0.15) is 12.6 Å². The summed E-state index contributed by atoms with van der Waals surface area (Å²) in [7, 11) is 0. The molecule has 6 heteroatoms. The SMILES string of the molecule is CC1(n2cnc3cnc4[nH]ccc4c32)CCNCC1.CS. The summed E-state index contributed by atoms with van der Waals surface area (Å²) < 4.78 is 2.35. The molecule has 0 radical (unpaired) electrons. The minimum Gasteiger partial charge on any atom is -0.346 e. The molecule has 0 spiro atoms. The summed E-state index contributed by atoms with van der Waals surface area (Å²) >= 11 is 3.53. The van der Waals surface area contributed by atoms with Gasteiger partial charge < -0.3 is 14.9 Å². The number of nitrogens with zero attached hydrogens (tertiary/aromatic N) is 3. The summed E-state index contributed by atoms with van der Waals surface area (Å²) in [6, 6.07) is 2.09. The number of fused-ring (bicyclic) bond motifs is 3. The first-order valence-corrected chi connectivity index (χ1v) is 8.12. The quantitative estimate of drug-likeness (QED) is 0.606. The number of H-pyrrole nitrogens is 1. The molecule has 0 unspecified atom stereocenters. The number of hydrogen-bond donors (Lipinski definition) is 3. The van der Waals surface area contributed by atoms with Gasteiger partial charge in [0.25, 0.3) is 0 Å². The van der Waals surface area contributed by atoms with Crippen LogP contribution < -0.4 is 5.32 Å². The molecule has 1 aliphatic rings. The van der Waals surface area contributed by atoms with Crippen molar-refractivity contribution in [1.29, 1.82) is 0 Å². The molecule has 3 aromatic rings. The smallest absolute Gasteiger partial charge is 0.139 e. The molecule has 112 valence electrons. The van der Waals surface area contributed by atoms with Crippen LogP contribution in [0, 0.1) is 0 Å². The topological polar surface area (TPSA) is 58.5 Å². The highest BCUT2D eigenvalue weighted by molar-refractivity contribution is 7.79. The van der Waals surface area contributed by atoms with Crippen molar-refractivity contribution < 1.29 is 0 Å². The molecule has 4 heterocycles. The van der Waals surface area contributed by atoms with E-state index in [-0.39, 0.29) is 5.54 Å². The summed E-state index contributed by atoms with van der Waals surface area (Å²) in [6.45, 7) is 4.46. The fourth-order valence-corrected chi connectivity index (χ4v) is 3.12. The van der Waals surface area contributed by atoms with Crippen LogP contribution in [0.3, 0.4) is 0 Å². The standard InChI is InChI=1S/C14H17N5.CH4S/c1-14(3-6-15-7-4-14)19-9-18-11-8-17-13-10(12(11)19)2-5-16-13;1-2/h2,5,8-9,15H,3-4,6-7H2,1H3,(H,16,17);2H,1H3. The van der Waals surface area contributed by atoms with Crippen molar-refractivity contribution in [2.24, 2.45) is 0 Å². The van der Waals surface area contributed by atoms with Crippen LogP contribution in [0.1, 0.15) is 19.8 Å². The number of piperidine rings is 1. The Kier molecular flexibility index (Phi) is 3.91. The predicted molar refractivity (Wildman–Crippen MR) is 90.0 cm³/mol. The van der Waals surface area contributed by atoms with Gasteiger partial charge in [0.1, 0.15) is 11.2 Å². The van der Waals surface area contributed by atoms with Crippen LogP contribution in [0.4, 0.5) is 0 Å². The molecule has 0 aliphatic carbocycles. The van der Waals surface area contributed by atoms with Gasteiger partial charge in [0, 0.05) is 17.1 Å². The molecule has 0 aromatic carbocycles. The van der Waals surface area contributed by atoms with Gasteiger partial charge in [0.15, 0.2) is 0 Å². The fourth-order valence-electron chi connectivity index (χ4n) is 3.12. The predicted octanol–water partition coefficient (Wildman–Crippen LogP) is 2.56. The van der Waals surface area contributed by atoms with E-state index < -0.39 is 0 Å². The molecule has 0 atom stereocenters. The Balaban J connectivity index is 0.000000636. The lowest BCUT2D eigenvalue weighted by Gasteiger charge is -2.36. The van der Waals surface area contributed by atoms with Crippen LogP contribution in [-0.2, 0) is 5.54 Å². The highest BCUT2D eigenvalue weighted by Gasteiger charge is 2.30. The highest BCUT2D eigenvalue weighted by atomic mass is 32.1. The monoisotopic (exact) mass is 303 g/mol. The Labute approximate surface area is 129 Å². The van der Waals surface area contributed by atoms with Crippen molar-refractivity contribution in [3.05, 3.63) is 24.8 Å². The van der Waals surface area contributed by atoms with Crippen molar-refractivity contribution in [1.82, 2.24) is 24.8 Å². The first kappa shape index (κ1) is 14.4. The first-order chi connectivity index (χ1) is 10.3. The summed E-state index contributed by atoms with van der Waals surface area (Å²) in [5.41, 5.74) is 3.26. The zero-order valence-corrected chi connectivity index (χ0v) is 13.3. The van der Waals surface area contributed by atoms with E-state index in [1.54, 1.807) is 6.26 Å². The second-order valence-electron chi connectivity index (χ2n) is 5.59. The molecule has 1 aliphatic heterocycles. The Bertz CT molecular complexity index is 739. The summed E-state index contributed by atoms with van der Waals surface area (Å²) in [4.78, 5) is 12.1. The minimum absolute atomic E-state index is 0.144. The number of aromatic amines is 1. The van der Waals surface area contributed by atoms with Crippen molar-refractivity contribution in [2.75, 3.05) is 19.3 Å². The van der Waals surface area contributed by atoms with Crippen LogP contribution in [0.5, 0.6) is 0 Å². The second kappa shape index (κ2) is 5.69. The average molecular weight is 303 g/mol. The normalized spacial score (nSPS) is 17.7. The molecule has 1 saturated heterocycles. The molecule has 0 bridgehead atoms. The number of aromatic nitrogens is 4. The van der Waals surface area contributed by atoms with Gasteiger partial charge in [-0.25, -0.2) is 9.97 Å². The van der Waals surface area contributed by atoms with Gasteiger partial charge in [-0.15, -0.1) is 0 Å². The van der Waals surface area contributed by atoms with Crippen LogP contribution in [0.15, 0.2) is 24.8 Å². The van der Waals surface area contributed by atoms with Crippen molar-refractivity contribution in [2.45, 2.75) is 25.3 Å². The van der Waals surface area contributed by atoms with E-state index in [2.05, 4.69) is 50.5 Å². The van der Waals surface area contributed by atoms with Gasteiger partial charge in [-0.05, 0) is 45.2 Å². The van der Waals surface area contributed by atoms with Gasteiger partial charge >= 0.3 is 0 Å². The number of rotatable bonds is 1. The zero-order chi connectivity index (χ0) is 14.9. The van der Waals surface area contributed by atoms with Crippen molar-refractivity contribution in [3.63, 3.8) is 0 Å². The minimum atomic E-state index is 0.144. The fraction of sp³-hybridized carbons (Fsp3) is 0.467. The lowest BCUT2D eigenvalue weighted by Crippen LogP contribution is -2.41. The van der Waals surface area contributed by atoms with Gasteiger partial charge in [0.05, 0.1) is 18.0 Å². The maximum absolute atomic E-state index is 4.53. The second-order valence-corrected chi connectivity index (χ2v) is 5.59. The Morgan fingerprint density at radius 3 is 2.76 bits per heavy atom. The van der Waals surface area contributed by atoms with E-state index in [0.29, 0.717) is 0 Å². The summed E-state index contributed by atoms with van der Waals surface area (Å²) in [5, 5.41) is 4.59. The molecular weight excluding hydrogens is 282 g/mol. The Morgan fingerprint density at radius 1 is 1.24 bits per heavy atom. The van der Waals surface area contributed by atoms with E-state index in [9.17, 15) is 0 Å². The van der Waals surface area contributed by atoms with E-state index in [1.807, 2.05) is 18.7 Å². The van der Waals surface area contributed by atoms with Crippen LogP contribution in [0.2, 0.25) is 0 Å². The van der Waals surface area contributed by atoms with Crippen LogP contribution in [0.25, 0.3) is 22.1 Å². The lowest BCUT2D eigenvalue weighted by atomic mass is 9.90. The molecule has 4 rings (SSSR count). The first-order valence-electron chi connectivity index (χ1n) is 7.23. The van der Waals surface area contributed by atoms with Crippen molar-refractivity contribution in [3.8, 4) is 0 Å². The molecule has 0 saturated carbocycles. The maximum atomic E-state index is 4.53. The van der Waals surface area contributed by atoms with Gasteiger partial charge in [-0.1, -0.05) is 0 Å². The third-order valence-corrected chi connectivity index (χ3v) is 4.35. The summed E-state index contributed by atoms with van der Waals surface area (Å²) in [5.74, 6) is 0.